The molecule has 0 atom stereocenters. The Morgan fingerprint density at radius 3 is 1.97 bits per heavy atom. The number of rotatable bonds is 9. The van der Waals surface area contributed by atoms with E-state index in [9.17, 15) is 0 Å². The van der Waals surface area contributed by atoms with Gasteiger partial charge in [-0.3, -0.25) is 14.9 Å². The molecule has 1 aromatic carbocycles. The van der Waals surface area contributed by atoms with Crippen LogP contribution in [-0.2, 0) is 26.1 Å². The predicted molar refractivity (Wildman–Crippen MR) is 114 cm³/mol. The first-order chi connectivity index (χ1) is 14.8. The van der Waals surface area contributed by atoms with Crippen LogP contribution in [0.3, 0.4) is 0 Å². The molecule has 4 aromatic rings. The second-order valence-electron chi connectivity index (χ2n) is 7.21. The van der Waals surface area contributed by atoms with E-state index in [4.69, 9.17) is 0 Å². The Balaban J connectivity index is 1.49. The molecule has 3 aromatic heterocycles. The molecule has 0 aliphatic rings. The van der Waals surface area contributed by atoms with Crippen molar-refractivity contribution in [2.75, 3.05) is 6.54 Å². The molecule has 0 fully saturated rings. The fraction of sp³-hybridized carbons (Fsp3) is 0.217. The lowest BCUT2D eigenvalue weighted by molar-refractivity contribution is -0.366. The van der Waals surface area contributed by atoms with E-state index in [0.29, 0.717) is 19.6 Å². The maximum Gasteiger partial charge on any atom is 0.0972 e. The standard InChI is InChI=1S/C23H25N7/c24-12-11-19-7-9-23(10-8-19)30-18-22(27-28-30)17-29(15-20-5-1-3-13-25-20)16-21-6-2-4-14-26-21/h1-10,13-14,18H,11-12,15-17,24H2/p+1. The molecule has 0 aliphatic carbocycles. The van der Waals surface area contributed by atoms with Crippen LogP contribution < -0.4 is 5.73 Å². The number of pyridine rings is 2. The molecular weight excluding hydrogens is 374 g/mol. The minimum atomic E-state index is 0.659. The fourth-order valence-electron chi connectivity index (χ4n) is 3.35. The first-order valence-electron chi connectivity index (χ1n) is 10.1. The van der Waals surface area contributed by atoms with Gasteiger partial charge in [0.1, 0.15) is 0 Å². The predicted octanol–water partition coefficient (Wildman–Crippen LogP) is 2.04. The average Bonchev–Trinajstić information content (AvgIpc) is 3.24. The van der Waals surface area contributed by atoms with E-state index >= 15 is 0 Å². The Bertz CT molecular complexity index is 989. The summed E-state index contributed by atoms with van der Waals surface area (Å²) in [6.07, 6.45) is 6.62. The number of benzene rings is 1. The second kappa shape index (κ2) is 9.87. The molecule has 0 saturated heterocycles. The molecule has 0 unspecified atom stereocenters. The number of nitrogens with zero attached hydrogens (tertiary/aromatic N) is 6. The monoisotopic (exact) mass is 400 g/mol. The molecule has 0 saturated carbocycles. The summed E-state index contributed by atoms with van der Waals surface area (Å²) < 4.78 is 1.82. The average molecular weight is 401 g/mol. The summed E-state index contributed by atoms with van der Waals surface area (Å²) in [7, 11) is 0. The normalized spacial score (nSPS) is 11.1. The van der Waals surface area contributed by atoms with Crippen molar-refractivity contribution in [1.29, 1.82) is 0 Å². The van der Waals surface area contributed by atoms with Crippen LogP contribution in [0.25, 0.3) is 5.69 Å². The van der Waals surface area contributed by atoms with Gasteiger partial charge in [0.15, 0.2) is 0 Å². The molecule has 4 rings (SSSR count). The van der Waals surface area contributed by atoms with Gasteiger partial charge in [0, 0.05) is 38.4 Å². The smallest absolute Gasteiger partial charge is 0.0972 e. The Hall–Kier alpha value is -3.42. The van der Waals surface area contributed by atoms with Crippen LogP contribution in [-0.4, -0.2) is 36.4 Å². The van der Waals surface area contributed by atoms with Gasteiger partial charge in [-0.25, -0.2) is 4.68 Å². The summed E-state index contributed by atoms with van der Waals surface area (Å²) in [5.74, 6) is 0. The minimum absolute atomic E-state index is 0.659. The third kappa shape index (κ3) is 5.34. The molecule has 0 amide bonds. The van der Waals surface area contributed by atoms with Gasteiger partial charge in [-0.15, -0.1) is 5.10 Å². The van der Waals surface area contributed by atoms with Gasteiger partial charge in [0.05, 0.1) is 35.5 Å². The summed E-state index contributed by atoms with van der Waals surface area (Å²) >= 11 is 0. The largest absolute Gasteiger partial charge is 0.357 e. The van der Waals surface area contributed by atoms with E-state index in [2.05, 4.69) is 55.2 Å². The molecule has 3 heterocycles. The topological polar surface area (TPSA) is 87.4 Å². The fourth-order valence-corrected chi connectivity index (χ4v) is 3.35. The number of hydrogen-bond donors (Lipinski definition) is 1. The molecular formula is C23H26N7+. The van der Waals surface area contributed by atoms with Crippen molar-refractivity contribution >= 4 is 0 Å². The quantitative estimate of drug-likeness (QED) is 0.465. The summed E-state index contributed by atoms with van der Waals surface area (Å²) in [5, 5.41) is 8.72. The molecule has 0 aliphatic heterocycles. The van der Waals surface area contributed by atoms with Crippen LogP contribution in [0.1, 0.15) is 22.6 Å². The van der Waals surface area contributed by atoms with Crippen molar-refractivity contribution in [3.05, 3.63) is 102 Å². The zero-order valence-electron chi connectivity index (χ0n) is 16.9. The molecule has 30 heavy (non-hydrogen) atoms. The van der Waals surface area contributed by atoms with Crippen molar-refractivity contribution in [3.8, 4) is 5.69 Å². The SMILES string of the molecule is [NH3+]CCc1ccc(-n2cc(CN(Cc3ccccn3)Cc3ccccn3)nn2)cc1. The Morgan fingerprint density at radius 1 is 0.767 bits per heavy atom. The number of hydrogen-bond acceptors (Lipinski definition) is 5. The molecule has 0 radical (unpaired) electrons. The third-order valence-electron chi connectivity index (χ3n) is 4.82. The highest BCUT2D eigenvalue weighted by Gasteiger charge is 2.13. The molecule has 7 heteroatoms. The summed E-state index contributed by atoms with van der Waals surface area (Å²) in [6.45, 7) is 2.98. The zero-order valence-corrected chi connectivity index (χ0v) is 16.9. The van der Waals surface area contributed by atoms with Crippen molar-refractivity contribution in [3.63, 3.8) is 0 Å². The van der Waals surface area contributed by atoms with E-state index < -0.39 is 0 Å². The van der Waals surface area contributed by atoms with Gasteiger partial charge in [0.2, 0.25) is 0 Å². The van der Waals surface area contributed by atoms with Crippen LogP contribution >= 0.6 is 0 Å². The molecule has 3 N–H and O–H groups in total. The Labute approximate surface area is 176 Å². The lowest BCUT2D eigenvalue weighted by atomic mass is 10.1. The van der Waals surface area contributed by atoms with Crippen molar-refractivity contribution in [2.45, 2.75) is 26.1 Å². The Morgan fingerprint density at radius 2 is 1.40 bits per heavy atom. The molecule has 0 spiro atoms. The lowest BCUT2D eigenvalue weighted by Gasteiger charge is -2.20. The third-order valence-corrected chi connectivity index (χ3v) is 4.82. The molecule has 152 valence electrons. The van der Waals surface area contributed by atoms with E-state index in [0.717, 1.165) is 35.7 Å². The van der Waals surface area contributed by atoms with Gasteiger partial charge in [-0.1, -0.05) is 29.5 Å². The maximum absolute atomic E-state index is 4.47. The van der Waals surface area contributed by atoms with Crippen molar-refractivity contribution < 1.29 is 5.73 Å². The van der Waals surface area contributed by atoms with E-state index in [1.54, 1.807) is 0 Å². The van der Waals surface area contributed by atoms with Crippen molar-refractivity contribution in [1.82, 2.24) is 29.9 Å². The van der Waals surface area contributed by atoms with E-state index in [1.807, 2.05) is 59.7 Å². The lowest BCUT2D eigenvalue weighted by Crippen LogP contribution is -2.51. The second-order valence-corrected chi connectivity index (χ2v) is 7.21. The summed E-state index contributed by atoms with van der Waals surface area (Å²) in [5.41, 5.74) is 9.13. The van der Waals surface area contributed by atoms with Gasteiger partial charge in [-0.2, -0.15) is 0 Å². The number of aromatic nitrogens is 5. The highest BCUT2D eigenvalue weighted by atomic mass is 15.4. The van der Waals surface area contributed by atoms with Crippen LogP contribution in [0.15, 0.2) is 79.3 Å². The first-order valence-corrected chi connectivity index (χ1v) is 10.1. The summed E-state index contributed by atoms with van der Waals surface area (Å²) in [4.78, 5) is 11.2. The number of quaternary nitrogens is 1. The highest BCUT2D eigenvalue weighted by molar-refractivity contribution is 5.34. The van der Waals surface area contributed by atoms with Gasteiger partial charge < -0.3 is 5.73 Å². The van der Waals surface area contributed by atoms with Gasteiger partial charge in [0.25, 0.3) is 0 Å². The molecule has 0 bridgehead atoms. The zero-order chi connectivity index (χ0) is 20.6. The maximum atomic E-state index is 4.47. The minimum Gasteiger partial charge on any atom is -0.357 e. The first kappa shape index (κ1) is 19.9. The van der Waals surface area contributed by atoms with Crippen LogP contribution in [0, 0.1) is 0 Å². The van der Waals surface area contributed by atoms with E-state index in [1.165, 1.54) is 5.56 Å². The Kier molecular flexibility index (Phi) is 6.54. The van der Waals surface area contributed by atoms with Crippen LogP contribution in [0.5, 0.6) is 0 Å². The van der Waals surface area contributed by atoms with E-state index in [-0.39, 0.29) is 0 Å². The van der Waals surface area contributed by atoms with Crippen LogP contribution in [0.4, 0.5) is 0 Å². The van der Waals surface area contributed by atoms with Crippen molar-refractivity contribution in [2.24, 2.45) is 0 Å². The highest BCUT2D eigenvalue weighted by Crippen LogP contribution is 2.13. The summed E-state index contributed by atoms with van der Waals surface area (Å²) in [6, 6.07) is 20.3. The molecule has 7 nitrogen and oxygen atoms in total. The van der Waals surface area contributed by atoms with Gasteiger partial charge in [-0.05, 0) is 42.0 Å². The van der Waals surface area contributed by atoms with Gasteiger partial charge >= 0.3 is 0 Å². The van der Waals surface area contributed by atoms with Crippen LogP contribution in [0.2, 0.25) is 0 Å².